The van der Waals surface area contributed by atoms with Gasteiger partial charge in [-0.05, 0) is 24.6 Å². The highest BCUT2D eigenvalue weighted by Crippen LogP contribution is 2.35. The SMILES string of the molecule is CC(=O)N(CCC(=O)NC(C)COc1ccccc1C(F)(F)F)Cc1ccccc1. The summed E-state index contributed by atoms with van der Waals surface area (Å²) < 4.78 is 44.3. The van der Waals surface area contributed by atoms with Gasteiger partial charge in [0.25, 0.3) is 0 Å². The summed E-state index contributed by atoms with van der Waals surface area (Å²) in [6, 6.07) is 13.9. The van der Waals surface area contributed by atoms with Crippen LogP contribution in [0.4, 0.5) is 13.2 Å². The molecule has 8 heteroatoms. The molecule has 1 atom stereocenters. The van der Waals surface area contributed by atoms with Gasteiger partial charge in [0.05, 0.1) is 11.6 Å². The van der Waals surface area contributed by atoms with Crippen LogP contribution in [0, 0.1) is 0 Å². The minimum atomic E-state index is -4.52. The van der Waals surface area contributed by atoms with Crippen LogP contribution < -0.4 is 10.1 Å². The Bertz CT molecular complexity index is 841. The van der Waals surface area contributed by atoms with E-state index in [1.54, 1.807) is 11.8 Å². The number of carbonyl (C=O) groups is 2. The number of ether oxygens (including phenoxy) is 1. The lowest BCUT2D eigenvalue weighted by molar-refractivity contribution is -0.139. The molecule has 0 heterocycles. The van der Waals surface area contributed by atoms with Crippen molar-refractivity contribution >= 4 is 11.8 Å². The molecule has 2 rings (SSSR count). The smallest absolute Gasteiger partial charge is 0.419 e. The summed E-state index contributed by atoms with van der Waals surface area (Å²) in [6.07, 6.45) is -4.44. The second-order valence-electron chi connectivity index (χ2n) is 6.95. The van der Waals surface area contributed by atoms with E-state index in [4.69, 9.17) is 4.74 Å². The van der Waals surface area contributed by atoms with Crippen molar-refractivity contribution in [3.8, 4) is 5.75 Å². The van der Waals surface area contributed by atoms with Crippen LogP contribution >= 0.6 is 0 Å². The third-order valence-corrected chi connectivity index (χ3v) is 4.36. The number of halogens is 3. The maximum atomic E-state index is 13.0. The molecule has 0 saturated heterocycles. The monoisotopic (exact) mass is 422 g/mol. The van der Waals surface area contributed by atoms with Gasteiger partial charge in [0.2, 0.25) is 11.8 Å². The van der Waals surface area contributed by atoms with Crippen LogP contribution in [-0.4, -0.2) is 35.9 Å². The van der Waals surface area contributed by atoms with Gasteiger partial charge >= 0.3 is 6.18 Å². The van der Waals surface area contributed by atoms with Crippen molar-refractivity contribution in [1.82, 2.24) is 10.2 Å². The summed E-state index contributed by atoms with van der Waals surface area (Å²) in [7, 11) is 0. The van der Waals surface area contributed by atoms with Crippen LogP contribution in [0.2, 0.25) is 0 Å². The van der Waals surface area contributed by atoms with E-state index in [0.29, 0.717) is 6.54 Å². The molecular formula is C22H25F3N2O3. The Labute approximate surface area is 173 Å². The predicted molar refractivity (Wildman–Crippen MR) is 107 cm³/mol. The Kier molecular flexibility index (Phi) is 8.26. The molecule has 0 spiro atoms. The molecule has 162 valence electrons. The molecule has 2 amide bonds. The zero-order chi connectivity index (χ0) is 22.1. The molecule has 0 aromatic heterocycles. The highest BCUT2D eigenvalue weighted by molar-refractivity contribution is 5.78. The topological polar surface area (TPSA) is 58.6 Å². The lowest BCUT2D eigenvalue weighted by atomic mass is 10.2. The molecule has 1 unspecified atom stereocenters. The molecule has 0 aliphatic carbocycles. The van der Waals surface area contributed by atoms with E-state index in [2.05, 4.69) is 5.32 Å². The van der Waals surface area contributed by atoms with Crippen LogP contribution in [0.3, 0.4) is 0 Å². The normalized spacial score (nSPS) is 12.2. The third-order valence-electron chi connectivity index (χ3n) is 4.36. The highest BCUT2D eigenvalue weighted by atomic mass is 19.4. The van der Waals surface area contributed by atoms with Gasteiger partial charge in [-0.3, -0.25) is 9.59 Å². The third kappa shape index (κ3) is 7.42. The fourth-order valence-electron chi connectivity index (χ4n) is 2.82. The summed E-state index contributed by atoms with van der Waals surface area (Å²) in [5.41, 5.74) is 0.0970. The Hall–Kier alpha value is -3.03. The molecule has 0 aliphatic rings. The van der Waals surface area contributed by atoms with Gasteiger partial charge in [0.15, 0.2) is 0 Å². The summed E-state index contributed by atoms with van der Waals surface area (Å²) >= 11 is 0. The molecule has 5 nitrogen and oxygen atoms in total. The van der Waals surface area contributed by atoms with Crippen molar-refractivity contribution in [2.24, 2.45) is 0 Å². The summed E-state index contributed by atoms with van der Waals surface area (Å²) in [6.45, 7) is 3.60. The number of hydrogen-bond donors (Lipinski definition) is 1. The van der Waals surface area contributed by atoms with Gasteiger partial charge < -0.3 is 15.0 Å². The van der Waals surface area contributed by atoms with Gasteiger partial charge in [0, 0.05) is 26.4 Å². The number of para-hydroxylation sites is 1. The van der Waals surface area contributed by atoms with E-state index >= 15 is 0 Å². The largest absolute Gasteiger partial charge is 0.491 e. The molecular weight excluding hydrogens is 397 g/mol. The van der Waals surface area contributed by atoms with E-state index in [0.717, 1.165) is 11.6 Å². The molecule has 2 aromatic carbocycles. The van der Waals surface area contributed by atoms with Gasteiger partial charge in [-0.2, -0.15) is 13.2 Å². The van der Waals surface area contributed by atoms with Crippen molar-refractivity contribution in [2.75, 3.05) is 13.2 Å². The van der Waals surface area contributed by atoms with E-state index < -0.39 is 17.8 Å². The molecule has 0 bridgehead atoms. The number of nitrogens with zero attached hydrogens (tertiary/aromatic N) is 1. The highest BCUT2D eigenvalue weighted by Gasteiger charge is 2.34. The molecule has 2 aromatic rings. The lowest BCUT2D eigenvalue weighted by Gasteiger charge is -2.22. The van der Waals surface area contributed by atoms with E-state index in [1.807, 2.05) is 30.3 Å². The van der Waals surface area contributed by atoms with Crippen LogP contribution in [0.15, 0.2) is 54.6 Å². The fourth-order valence-corrected chi connectivity index (χ4v) is 2.82. The van der Waals surface area contributed by atoms with Gasteiger partial charge in [-0.25, -0.2) is 0 Å². The minimum Gasteiger partial charge on any atom is -0.491 e. The first-order valence-electron chi connectivity index (χ1n) is 9.54. The number of alkyl halides is 3. The summed E-state index contributed by atoms with van der Waals surface area (Å²) in [5, 5.41) is 2.68. The zero-order valence-corrected chi connectivity index (χ0v) is 16.9. The first-order valence-corrected chi connectivity index (χ1v) is 9.54. The summed E-state index contributed by atoms with van der Waals surface area (Å²) in [5.74, 6) is -0.738. The quantitative estimate of drug-likeness (QED) is 0.664. The molecule has 30 heavy (non-hydrogen) atoms. The van der Waals surface area contributed by atoms with Crippen molar-refractivity contribution < 1.29 is 27.5 Å². The van der Waals surface area contributed by atoms with Crippen molar-refractivity contribution in [3.05, 3.63) is 65.7 Å². The molecule has 0 radical (unpaired) electrons. The Balaban J connectivity index is 1.82. The standard InChI is InChI=1S/C22H25F3N2O3/c1-16(15-30-20-11-7-6-10-19(20)22(23,24)25)26-21(29)12-13-27(17(2)28)14-18-8-4-3-5-9-18/h3-11,16H,12-15H2,1-2H3,(H,26,29). The number of amides is 2. The van der Waals surface area contributed by atoms with Gasteiger partial charge in [-0.15, -0.1) is 0 Å². The van der Waals surface area contributed by atoms with Crippen molar-refractivity contribution in [3.63, 3.8) is 0 Å². The zero-order valence-electron chi connectivity index (χ0n) is 16.9. The average molecular weight is 422 g/mol. The maximum Gasteiger partial charge on any atom is 0.419 e. The Morgan fingerprint density at radius 3 is 2.33 bits per heavy atom. The molecule has 0 saturated carbocycles. The first-order chi connectivity index (χ1) is 14.2. The number of hydrogen-bond acceptors (Lipinski definition) is 3. The number of benzene rings is 2. The summed E-state index contributed by atoms with van der Waals surface area (Å²) in [4.78, 5) is 25.6. The van der Waals surface area contributed by atoms with Crippen molar-refractivity contribution in [1.29, 1.82) is 0 Å². The first kappa shape index (κ1) is 23.3. The molecule has 0 aliphatic heterocycles. The molecule has 1 N–H and O–H groups in total. The minimum absolute atomic E-state index is 0.0793. The van der Waals surface area contributed by atoms with Crippen molar-refractivity contribution in [2.45, 2.75) is 39.0 Å². The Morgan fingerprint density at radius 1 is 1.07 bits per heavy atom. The van der Waals surface area contributed by atoms with Gasteiger partial charge in [-0.1, -0.05) is 42.5 Å². The van der Waals surface area contributed by atoms with E-state index in [-0.39, 0.29) is 37.1 Å². The van der Waals surface area contributed by atoms with Crippen LogP contribution in [-0.2, 0) is 22.3 Å². The molecule has 0 fully saturated rings. The number of nitrogens with one attached hydrogen (secondary N) is 1. The van der Waals surface area contributed by atoms with Gasteiger partial charge in [0.1, 0.15) is 12.4 Å². The number of rotatable bonds is 9. The maximum absolute atomic E-state index is 13.0. The van der Waals surface area contributed by atoms with E-state index in [9.17, 15) is 22.8 Å². The fraction of sp³-hybridized carbons (Fsp3) is 0.364. The Morgan fingerprint density at radius 2 is 1.70 bits per heavy atom. The predicted octanol–water partition coefficient (Wildman–Crippen LogP) is 4.03. The average Bonchev–Trinajstić information content (AvgIpc) is 2.69. The van der Waals surface area contributed by atoms with Crippen LogP contribution in [0.5, 0.6) is 5.75 Å². The second-order valence-corrected chi connectivity index (χ2v) is 6.95. The number of carbonyl (C=O) groups excluding carboxylic acids is 2. The van der Waals surface area contributed by atoms with Crippen LogP contribution in [0.25, 0.3) is 0 Å². The van der Waals surface area contributed by atoms with E-state index in [1.165, 1.54) is 25.1 Å². The second kappa shape index (κ2) is 10.7. The van der Waals surface area contributed by atoms with Crippen LogP contribution in [0.1, 0.15) is 31.4 Å². The lowest BCUT2D eigenvalue weighted by Crippen LogP contribution is -2.39.